The summed E-state index contributed by atoms with van der Waals surface area (Å²) in [6.07, 6.45) is 0. The first-order chi connectivity index (χ1) is 32.2. The number of furan rings is 2. The Bertz CT molecular complexity index is 4180. The second-order valence-corrected chi connectivity index (χ2v) is 18.2. The molecule has 0 aliphatic rings. The molecule has 10 aromatic carbocycles. The van der Waals surface area contributed by atoms with Crippen LogP contribution in [0.4, 0.5) is 0 Å². The summed E-state index contributed by atoms with van der Waals surface area (Å²) in [5.74, 6) is 0. The van der Waals surface area contributed by atoms with Crippen LogP contribution in [0.2, 0.25) is 0 Å². The minimum absolute atomic E-state index is 0.907. The zero-order chi connectivity index (χ0) is 42.3. The van der Waals surface area contributed by atoms with Gasteiger partial charge in [-0.3, -0.25) is 0 Å². The summed E-state index contributed by atoms with van der Waals surface area (Å²) in [5.41, 5.74) is 15.2. The molecule has 5 heterocycles. The molecule has 0 saturated carbocycles. The Balaban J connectivity index is 1.01. The van der Waals surface area contributed by atoms with E-state index in [1.165, 1.54) is 63.8 Å². The van der Waals surface area contributed by atoms with Gasteiger partial charge in [0.1, 0.15) is 22.3 Å². The summed E-state index contributed by atoms with van der Waals surface area (Å²) in [6, 6.07) is 74.5. The van der Waals surface area contributed by atoms with E-state index in [9.17, 15) is 0 Å². The molecule has 0 saturated heterocycles. The molecule has 4 nitrogen and oxygen atoms in total. The molecule has 15 aromatic rings. The molecule has 0 aliphatic carbocycles. The highest BCUT2D eigenvalue weighted by Gasteiger charge is 2.23. The van der Waals surface area contributed by atoms with E-state index in [1.54, 1.807) is 0 Å². The van der Waals surface area contributed by atoms with Crippen molar-refractivity contribution in [2.75, 3.05) is 0 Å². The van der Waals surface area contributed by atoms with Gasteiger partial charge in [-0.15, -0.1) is 11.3 Å². The fourth-order valence-electron chi connectivity index (χ4n) is 10.9. The first-order valence-corrected chi connectivity index (χ1v) is 22.9. The van der Waals surface area contributed by atoms with Crippen LogP contribution in [-0.2, 0) is 0 Å². The molecule has 0 spiro atoms. The van der Waals surface area contributed by atoms with Gasteiger partial charge >= 0.3 is 0 Å². The Labute approximate surface area is 375 Å². The van der Waals surface area contributed by atoms with Gasteiger partial charge < -0.3 is 18.0 Å². The van der Waals surface area contributed by atoms with Crippen molar-refractivity contribution in [2.45, 2.75) is 0 Å². The average molecular weight is 847 g/mol. The van der Waals surface area contributed by atoms with Crippen molar-refractivity contribution in [1.29, 1.82) is 0 Å². The Morgan fingerprint density at radius 1 is 0.308 bits per heavy atom. The topological polar surface area (TPSA) is 36.1 Å². The van der Waals surface area contributed by atoms with Crippen LogP contribution in [0.15, 0.2) is 215 Å². The number of fused-ring (bicyclic) bond motifs is 17. The quantitative estimate of drug-likeness (QED) is 0.177. The molecular weight excluding hydrogens is 813 g/mol. The van der Waals surface area contributed by atoms with Crippen LogP contribution in [0.3, 0.4) is 0 Å². The van der Waals surface area contributed by atoms with Gasteiger partial charge in [-0.25, -0.2) is 0 Å². The number of hydrogen-bond donors (Lipinski definition) is 0. The molecule has 65 heavy (non-hydrogen) atoms. The maximum Gasteiger partial charge on any atom is 0.143 e. The Morgan fingerprint density at radius 3 is 1.20 bits per heavy atom. The van der Waals surface area contributed by atoms with E-state index < -0.39 is 0 Å². The summed E-state index contributed by atoms with van der Waals surface area (Å²) in [4.78, 5) is 0. The van der Waals surface area contributed by atoms with E-state index in [0.29, 0.717) is 0 Å². The lowest BCUT2D eigenvalue weighted by atomic mass is 9.99. The number of rotatable bonds is 4. The van der Waals surface area contributed by atoms with Gasteiger partial charge in [0.15, 0.2) is 0 Å². The van der Waals surface area contributed by atoms with Crippen molar-refractivity contribution in [3.63, 3.8) is 0 Å². The molecular formula is C60H34N2O2S. The van der Waals surface area contributed by atoms with Crippen molar-refractivity contribution in [3.8, 4) is 33.6 Å². The molecule has 0 N–H and O–H groups in total. The lowest BCUT2D eigenvalue weighted by Crippen LogP contribution is -1.93. The summed E-state index contributed by atoms with van der Waals surface area (Å²) < 4.78 is 20.6. The van der Waals surface area contributed by atoms with Crippen LogP contribution in [0.1, 0.15) is 0 Å². The Morgan fingerprint density at radius 2 is 0.723 bits per heavy atom. The van der Waals surface area contributed by atoms with Crippen LogP contribution in [-0.4, -0.2) is 9.13 Å². The zero-order valence-corrected chi connectivity index (χ0v) is 35.6. The number of hydrogen-bond acceptors (Lipinski definition) is 3. The van der Waals surface area contributed by atoms with Gasteiger partial charge in [-0.1, -0.05) is 146 Å². The third-order valence-corrected chi connectivity index (χ3v) is 15.0. The third kappa shape index (κ3) is 4.85. The Hall–Kier alpha value is -8.38. The van der Waals surface area contributed by atoms with Gasteiger partial charge in [-0.05, 0) is 71.8 Å². The molecule has 0 amide bonds. The lowest BCUT2D eigenvalue weighted by Gasteiger charge is -2.09. The van der Waals surface area contributed by atoms with Crippen molar-refractivity contribution < 1.29 is 8.83 Å². The standard InChI is InChI=1S/C60H34N2O2S/c1-3-13-37(14-4-1)61-51-31-25-35(39-19-11-21-45-41-17-7-9-23-53(41)63-57(39)45)33-49(51)43-27-29-47-48-30-28-44-50-34-36(40-20-12-22-46-42-18-8-10-24-54(42)64-58(40)46)26-32-52(50)62(38-15-5-2-6-16-38)56(44)60(48)65-59(47)55(43)61/h1-34H. The first-order valence-electron chi connectivity index (χ1n) is 22.1. The van der Waals surface area contributed by atoms with Gasteiger partial charge in [0, 0.05) is 76.4 Å². The summed E-state index contributed by atoms with van der Waals surface area (Å²) in [5, 5.41) is 11.9. The van der Waals surface area contributed by atoms with Gasteiger partial charge in [0.2, 0.25) is 0 Å². The van der Waals surface area contributed by atoms with Crippen molar-refractivity contribution >= 4 is 119 Å². The van der Waals surface area contributed by atoms with E-state index in [1.807, 2.05) is 23.5 Å². The summed E-state index contributed by atoms with van der Waals surface area (Å²) in [7, 11) is 0. The van der Waals surface area contributed by atoms with Crippen LogP contribution in [0.5, 0.6) is 0 Å². The molecule has 15 rings (SSSR count). The van der Waals surface area contributed by atoms with E-state index in [0.717, 1.165) is 77.5 Å². The number of aromatic nitrogens is 2. The molecule has 0 unspecified atom stereocenters. The molecule has 0 bridgehead atoms. The molecule has 0 fully saturated rings. The number of thiophene rings is 1. The summed E-state index contributed by atoms with van der Waals surface area (Å²) >= 11 is 1.91. The molecule has 0 aliphatic heterocycles. The molecule has 5 aromatic heterocycles. The number of nitrogens with zero attached hydrogens (tertiary/aromatic N) is 2. The van der Waals surface area contributed by atoms with Gasteiger partial charge in [0.05, 0.1) is 31.5 Å². The average Bonchev–Trinajstić information content (AvgIpc) is 4.18. The Kier molecular flexibility index (Phi) is 7.07. The second-order valence-electron chi connectivity index (χ2n) is 17.1. The van der Waals surface area contributed by atoms with Crippen LogP contribution in [0, 0.1) is 0 Å². The SMILES string of the molecule is c1ccc(-n2c3ccc(-c4cccc5c4oc4ccccc45)cc3c3ccc4c5ccc6c7cc(-c8cccc9c8oc8ccccc89)ccc7n(-c7ccccc7)c6c5sc4c32)cc1. The van der Waals surface area contributed by atoms with E-state index >= 15 is 0 Å². The molecule has 0 radical (unpaired) electrons. The second kappa shape index (κ2) is 13.1. The van der Waals surface area contributed by atoms with Crippen LogP contribution in [0.25, 0.3) is 141 Å². The highest BCUT2D eigenvalue weighted by atomic mass is 32.1. The third-order valence-electron chi connectivity index (χ3n) is 13.7. The maximum absolute atomic E-state index is 6.55. The smallest absolute Gasteiger partial charge is 0.143 e. The molecule has 0 atom stereocenters. The molecule has 302 valence electrons. The minimum Gasteiger partial charge on any atom is -0.455 e. The van der Waals surface area contributed by atoms with Crippen LogP contribution < -0.4 is 0 Å². The van der Waals surface area contributed by atoms with E-state index in [2.05, 4.69) is 203 Å². The predicted molar refractivity (Wildman–Crippen MR) is 273 cm³/mol. The monoisotopic (exact) mass is 846 g/mol. The van der Waals surface area contributed by atoms with E-state index in [4.69, 9.17) is 8.83 Å². The highest BCUT2D eigenvalue weighted by molar-refractivity contribution is 7.27. The maximum atomic E-state index is 6.55. The van der Waals surface area contributed by atoms with Crippen molar-refractivity contribution in [2.24, 2.45) is 0 Å². The van der Waals surface area contributed by atoms with Crippen LogP contribution >= 0.6 is 11.3 Å². The number of para-hydroxylation sites is 6. The van der Waals surface area contributed by atoms with E-state index in [-0.39, 0.29) is 0 Å². The predicted octanol–water partition coefficient (Wildman–Crippen LogP) is 17.4. The summed E-state index contributed by atoms with van der Waals surface area (Å²) in [6.45, 7) is 0. The fraction of sp³-hybridized carbons (Fsp3) is 0. The van der Waals surface area contributed by atoms with Gasteiger partial charge in [0.25, 0.3) is 0 Å². The highest BCUT2D eigenvalue weighted by Crippen LogP contribution is 2.49. The largest absolute Gasteiger partial charge is 0.455 e. The zero-order valence-electron chi connectivity index (χ0n) is 34.7. The minimum atomic E-state index is 0.907. The number of benzene rings is 10. The lowest BCUT2D eigenvalue weighted by molar-refractivity contribution is 0.669. The fourth-order valence-corrected chi connectivity index (χ4v) is 12.2. The normalized spacial score (nSPS) is 12.3. The van der Waals surface area contributed by atoms with Crippen molar-refractivity contribution in [3.05, 3.63) is 206 Å². The first kappa shape index (κ1) is 35.1. The van der Waals surface area contributed by atoms with Crippen molar-refractivity contribution in [1.82, 2.24) is 9.13 Å². The molecule has 5 heteroatoms. The van der Waals surface area contributed by atoms with Gasteiger partial charge in [-0.2, -0.15) is 0 Å².